The van der Waals surface area contributed by atoms with E-state index in [1.165, 1.54) is 6.07 Å². The van der Waals surface area contributed by atoms with E-state index in [1.54, 1.807) is 36.3 Å². The number of aryl methyl sites for hydroxylation is 2. The Hall–Kier alpha value is -1.76. The molecular formula is C21H27FN4OY-2. The molecule has 28 heavy (non-hydrogen) atoms. The van der Waals surface area contributed by atoms with E-state index < -0.39 is 5.82 Å². The summed E-state index contributed by atoms with van der Waals surface area (Å²) in [7, 11) is 1.66. The van der Waals surface area contributed by atoms with Gasteiger partial charge in [-0.1, -0.05) is 37.6 Å². The zero-order valence-corrected chi connectivity index (χ0v) is 19.9. The van der Waals surface area contributed by atoms with Gasteiger partial charge < -0.3 is 20.8 Å². The molecule has 0 saturated heterocycles. The van der Waals surface area contributed by atoms with Crippen LogP contribution in [0.2, 0.25) is 0 Å². The summed E-state index contributed by atoms with van der Waals surface area (Å²) >= 11 is 0. The smallest absolute Gasteiger partial charge is 0.145 e. The summed E-state index contributed by atoms with van der Waals surface area (Å²) in [6.45, 7) is 8.16. The van der Waals surface area contributed by atoms with E-state index >= 15 is 0 Å². The summed E-state index contributed by atoms with van der Waals surface area (Å²) in [6.07, 6.45) is 3.29. The van der Waals surface area contributed by atoms with Gasteiger partial charge in [0.05, 0.1) is 24.8 Å². The number of nitrogens with zero attached hydrogens (tertiary/aromatic N) is 2. The van der Waals surface area contributed by atoms with Crippen molar-refractivity contribution >= 4 is 5.69 Å². The molecule has 1 radical (unpaired) electrons. The second-order valence-corrected chi connectivity index (χ2v) is 5.57. The van der Waals surface area contributed by atoms with Crippen molar-refractivity contribution in [2.75, 3.05) is 7.11 Å². The first-order valence-electron chi connectivity index (χ1n) is 8.75. The van der Waals surface area contributed by atoms with Gasteiger partial charge in [0.15, 0.2) is 0 Å². The molecule has 2 N–H and O–H groups in total. The molecule has 0 saturated carbocycles. The molecule has 149 valence electrons. The number of hydrogen-bond acceptors (Lipinski definition) is 2. The van der Waals surface area contributed by atoms with Crippen molar-refractivity contribution in [3.63, 3.8) is 0 Å². The average Bonchev–Trinajstić information content (AvgIpc) is 3.10. The minimum atomic E-state index is -0.408. The molecule has 1 aromatic heterocycles. The fourth-order valence-corrected chi connectivity index (χ4v) is 2.32. The van der Waals surface area contributed by atoms with Crippen molar-refractivity contribution in [1.82, 2.24) is 9.55 Å². The van der Waals surface area contributed by atoms with Gasteiger partial charge in [-0.15, -0.1) is 12.2 Å². The SMILES string of the molecule is CC.COc1ccc(C[NH-])cc1C.Cc1cn(-c2ccc([NH-])cc2F)cn1.[Y]. The fraction of sp³-hybridized carbons (Fsp3) is 0.286. The van der Waals surface area contributed by atoms with E-state index in [2.05, 4.69) is 4.98 Å². The Labute approximate surface area is 192 Å². The van der Waals surface area contributed by atoms with Crippen LogP contribution < -0.4 is 4.74 Å². The first-order chi connectivity index (χ1) is 12.9. The molecule has 0 fully saturated rings. The zero-order chi connectivity index (χ0) is 20.4. The van der Waals surface area contributed by atoms with Crippen molar-refractivity contribution in [1.29, 1.82) is 0 Å². The molecule has 0 bridgehead atoms. The van der Waals surface area contributed by atoms with Crippen molar-refractivity contribution in [3.05, 3.63) is 83.0 Å². The van der Waals surface area contributed by atoms with Gasteiger partial charge in [0.2, 0.25) is 0 Å². The Morgan fingerprint density at radius 2 is 1.79 bits per heavy atom. The first kappa shape index (κ1) is 26.2. The molecule has 0 atom stereocenters. The summed E-state index contributed by atoms with van der Waals surface area (Å²) in [4.78, 5) is 4.01. The molecule has 3 aromatic rings. The third-order valence-electron chi connectivity index (χ3n) is 3.60. The van der Waals surface area contributed by atoms with E-state index in [1.807, 2.05) is 45.9 Å². The van der Waals surface area contributed by atoms with Gasteiger partial charge in [-0.2, -0.15) is 0 Å². The van der Waals surface area contributed by atoms with Crippen LogP contribution in [-0.2, 0) is 39.3 Å². The first-order valence-corrected chi connectivity index (χ1v) is 8.75. The molecule has 3 rings (SSSR count). The monoisotopic (exact) mass is 459 g/mol. The molecule has 0 aliphatic rings. The van der Waals surface area contributed by atoms with Gasteiger partial charge in [-0.3, -0.25) is 0 Å². The largest absolute Gasteiger partial charge is 0.699 e. The van der Waals surface area contributed by atoms with Crippen molar-refractivity contribution < 1.29 is 41.8 Å². The second-order valence-electron chi connectivity index (χ2n) is 5.57. The Morgan fingerprint density at radius 1 is 1.11 bits per heavy atom. The normalized spacial score (nSPS) is 9.25. The van der Waals surface area contributed by atoms with Crippen molar-refractivity contribution in [3.8, 4) is 11.4 Å². The van der Waals surface area contributed by atoms with Gasteiger partial charge in [0.25, 0.3) is 0 Å². The third kappa shape index (κ3) is 7.70. The van der Waals surface area contributed by atoms with Gasteiger partial charge in [-0.05, 0) is 37.6 Å². The molecule has 0 aliphatic heterocycles. The van der Waals surface area contributed by atoms with Crippen LogP contribution in [0.1, 0.15) is 30.7 Å². The topological polar surface area (TPSA) is 74.7 Å². The van der Waals surface area contributed by atoms with Crippen LogP contribution in [0.15, 0.2) is 48.9 Å². The number of benzene rings is 2. The summed E-state index contributed by atoms with van der Waals surface area (Å²) in [6, 6.07) is 10.1. The number of halogens is 1. The van der Waals surface area contributed by atoms with Crippen molar-refractivity contribution in [2.24, 2.45) is 0 Å². The van der Waals surface area contributed by atoms with Crippen molar-refractivity contribution in [2.45, 2.75) is 34.2 Å². The molecule has 0 amide bonds. The van der Waals surface area contributed by atoms with Crippen LogP contribution in [0.4, 0.5) is 10.1 Å². The van der Waals surface area contributed by atoms with Gasteiger partial charge >= 0.3 is 0 Å². The zero-order valence-electron chi connectivity index (χ0n) is 17.1. The van der Waals surface area contributed by atoms with Gasteiger partial charge in [-0.25, -0.2) is 9.37 Å². The van der Waals surface area contributed by atoms with E-state index in [0.29, 0.717) is 12.2 Å². The summed E-state index contributed by atoms with van der Waals surface area (Å²) in [5.74, 6) is 0.483. The van der Waals surface area contributed by atoms with Gasteiger partial charge in [0, 0.05) is 38.9 Å². The summed E-state index contributed by atoms with van der Waals surface area (Å²) in [5.41, 5.74) is 17.9. The molecule has 2 aromatic carbocycles. The number of methoxy groups -OCH3 is 1. The van der Waals surface area contributed by atoms with E-state index in [0.717, 1.165) is 22.6 Å². The minimum absolute atomic E-state index is 0. The number of aromatic nitrogens is 2. The van der Waals surface area contributed by atoms with E-state index in [-0.39, 0.29) is 38.4 Å². The third-order valence-corrected chi connectivity index (χ3v) is 3.60. The maximum atomic E-state index is 13.4. The molecule has 0 aliphatic carbocycles. The fourth-order valence-electron chi connectivity index (χ4n) is 2.32. The Bertz CT molecular complexity index is 852. The van der Waals surface area contributed by atoms with Crippen LogP contribution in [0, 0.1) is 19.7 Å². The number of nitrogens with one attached hydrogen (secondary N) is 2. The van der Waals surface area contributed by atoms with Crippen LogP contribution >= 0.6 is 0 Å². The standard InChI is InChI=1S/C10H9FN3.C9H12NO.C2H6.Y/c1-7-5-14(6-13-7)10-3-2-8(12)4-9(10)11;1-7-5-8(6-10)3-4-9(7)11-2;1-2;/h2-6,12H,1H3;3-5,10H,6H2,1-2H3;1-2H3;/q2*-1;;. The molecule has 1 heterocycles. The number of ether oxygens (including phenoxy) is 1. The van der Waals surface area contributed by atoms with E-state index in [9.17, 15) is 4.39 Å². The predicted molar refractivity (Wildman–Crippen MR) is 109 cm³/mol. The molecule has 0 spiro atoms. The van der Waals surface area contributed by atoms with E-state index in [4.69, 9.17) is 16.2 Å². The number of hydrogen-bond donors (Lipinski definition) is 0. The molecule has 5 nitrogen and oxygen atoms in total. The Balaban J connectivity index is 0.000000474. The molecule has 0 unspecified atom stereocenters. The summed E-state index contributed by atoms with van der Waals surface area (Å²) < 4.78 is 20.1. The number of rotatable bonds is 3. The maximum Gasteiger partial charge on any atom is 0.145 e. The predicted octanol–water partition coefficient (Wildman–Crippen LogP) is 6.58. The van der Waals surface area contributed by atoms with Crippen LogP contribution in [-0.4, -0.2) is 16.7 Å². The number of imidazole rings is 1. The molecular weight excluding hydrogens is 432 g/mol. The van der Waals surface area contributed by atoms with Crippen LogP contribution in [0.3, 0.4) is 0 Å². The van der Waals surface area contributed by atoms with Crippen LogP contribution in [0.25, 0.3) is 17.2 Å². The minimum Gasteiger partial charge on any atom is -0.699 e. The Kier molecular flexibility index (Phi) is 12.6. The maximum absolute atomic E-state index is 13.4. The summed E-state index contributed by atoms with van der Waals surface area (Å²) in [5, 5.41) is 0. The van der Waals surface area contributed by atoms with Gasteiger partial charge in [0.1, 0.15) is 11.6 Å². The van der Waals surface area contributed by atoms with Crippen LogP contribution in [0.5, 0.6) is 5.75 Å². The molecule has 7 heteroatoms. The quantitative estimate of drug-likeness (QED) is 0.444. The Morgan fingerprint density at radius 3 is 2.25 bits per heavy atom. The second kappa shape index (κ2) is 13.4. The average molecular weight is 459 g/mol.